The van der Waals surface area contributed by atoms with Gasteiger partial charge in [0, 0.05) is 5.02 Å². The molecule has 6 heteroatoms. The number of benzene rings is 1. The van der Waals surface area contributed by atoms with Crippen molar-refractivity contribution in [3.63, 3.8) is 0 Å². The Bertz CT molecular complexity index is 622. The minimum atomic E-state index is -0.520. The normalized spacial score (nSPS) is 10.5. The van der Waals surface area contributed by atoms with Gasteiger partial charge < -0.3 is 9.15 Å². The summed E-state index contributed by atoms with van der Waals surface area (Å²) in [6.07, 6.45) is 0. The monoisotopic (exact) mass is 299 g/mol. The highest BCUT2D eigenvalue weighted by atomic mass is 35.5. The number of carbonyl (C=O) groups is 1. The molecule has 2 rings (SSSR count). The van der Waals surface area contributed by atoms with Gasteiger partial charge in [-0.05, 0) is 32.0 Å². The first kappa shape index (κ1) is 13.9. The molecule has 0 aliphatic carbocycles. The van der Waals surface area contributed by atoms with E-state index in [4.69, 9.17) is 32.4 Å². The Labute approximate surface area is 120 Å². The molecular formula is C13H11Cl2NO3. The average Bonchev–Trinajstić information content (AvgIpc) is 2.74. The molecule has 0 radical (unpaired) electrons. The summed E-state index contributed by atoms with van der Waals surface area (Å²) >= 11 is 12.0. The Morgan fingerprint density at radius 3 is 2.84 bits per heavy atom. The molecule has 1 aromatic carbocycles. The van der Waals surface area contributed by atoms with Crippen molar-refractivity contribution in [2.75, 3.05) is 6.61 Å². The minimum Gasteiger partial charge on any atom is -0.461 e. The Balaban J connectivity index is 2.44. The van der Waals surface area contributed by atoms with E-state index in [-0.39, 0.29) is 18.2 Å². The highest BCUT2D eigenvalue weighted by Gasteiger charge is 2.20. The van der Waals surface area contributed by atoms with Crippen LogP contribution in [0.25, 0.3) is 11.5 Å². The van der Waals surface area contributed by atoms with Gasteiger partial charge in [-0.1, -0.05) is 23.2 Å². The molecule has 0 N–H and O–H groups in total. The highest BCUT2D eigenvalue weighted by Crippen LogP contribution is 2.31. The van der Waals surface area contributed by atoms with Gasteiger partial charge >= 0.3 is 5.97 Å². The zero-order valence-electron chi connectivity index (χ0n) is 10.4. The number of halogens is 2. The van der Waals surface area contributed by atoms with Crippen LogP contribution in [0.15, 0.2) is 22.6 Å². The molecule has 0 spiro atoms. The van der Waals surface area contributed by atoms with E-state index < -0.39 is 5.97 Å². The molecule has 1 heterocycles. The van der Waals surface area contributed by atoms with Gasteiger partial charge in [0.15, 0.2) is 5.69 Å². The molecule has 100 valence electrons. The lowest BCUT2D eigenvalue weighted by Crippen LogP contribution is -2.06. The second-order valence-electron chi connectivity index (χ2n) is 3.77. The van der Waals surface area contributed by atoms with Gasteiger partial charge in [-0.3, -0.25) is 0 Å². The molecule has 0 bridgehead atoms. The number of aromatic nitrogens is 1. The van der Waals surface area contributed by atoms with Crippen molar-refractivity contribution in [1.29, 1.82) is 0 Å². The van der Waals surface area contributed by atoms with Crippen LogP contribution in [0.4, 0.5) is 0 Å². The lowest BCUT2D eigenvalue weighted by Gasteiger charge is -1.99. The fourth-order valence-electron chi connectivity index (χ4n) is 1.56. The van der Waals surface area contributed by atoms with Crippen molar-refractivity contribution >= 4 is 29.2 Å². The van der Waals surface area contributed by atoms with Crippen molar-refractivity contribution < 1.29 is 13.9 Å². The van der Waals surface area contributed by atoms with Gasteiger partial charge in [-0.15, -0.1) is 0 Å². The van der Waals surface area contributed by atoms with E-state index in [0.717, 1.165) is 0 Å². The number of hydrogen-bond acceptors (Lipinski definition) is 4. The Kier molecular flexibility index (Phi) is 4.12. The van der Waals surface area contributed by atoms with Crippen LogP contribution < -0.4 is 0 Å². The van der Waals surface area contributed by atoms with Gasteiger partial charge in [-0.2, -0.15) is 0 Å². The third kappa shape index (κ3) is 2.91. The van der Waals surface area contributed by atoms with E-state index in [0.29, 0.717) is 21.4 Å². The van der Waals surface area contributed by atoms with Crippen molar-refractivity contribution in [1.82, 2.24) is 4.98 Å². The molecule has 0 atom stereocenters. The van der Waals surface area contributed by atoms with Crippen LogP contribution in [0.5, 0.6) is 0 Å². The van der Waals surface area contributed by atoms with E-state index in [1.54, 1.807) is 32.0 Å². The summed E-state index contributed by atoms with van der Waals surface area (Å²) in [4.78, 5) is 15.8. The van der Waals surface area contributed by atoms with E-state index in [2.05, 4.69) is 4.98 Å². The van der Waals surface area contributed by atoms with Gasteiger partial charge in [-0.25, -0.2) is 9.78 Å². The molecule has 4 nitrogen and oxygen atoms in total. The summed E-state index contributed by atoms with van der Waals surface area (Å²) in [7, 11) is 0. The van der Waals surface area contributed by atoms with E-state index in [1.165, 1.54) is 0 Å². The molecule has 0 aliphatic rings. The number of rotatable bonds is 3. The largest absolute Gasteiger partial charge is 0.461 e. The Morgan fingerprint density at radius 2 is 2.16 bits per heavy atom. The smallest absolute Gasteiger partial charge is 0.360 e. The molecule has 0 fully saturated rings. The molecule has 0 amide bonds. The maximum absolute atomic E-state index is 11.7. The number of oxazole rings is 1. The first-order valence-electron chi connectivity index (χ1n) is 5.63. The molecule has 0 saturated carbocycles. The van der Waals surface area contributed by atoms with Crippen molar-refractivity contribution in [2.24, 2.45) is 0 Å². The number of ether oxygens (including phenoxy) is 1. The first-order chi connectivity index (χ1) is 9.02. The lowest BCUT2D eigenvalue weighted by atomic mass is 10.2. The van der Waals surface area contributed by atoms with E-state index in [9.17, 15) is 4.79 Å². The summed E-state index contributed by atoms with van der Waals surface area (Å²) in [5, 5.41) is 0.953. The first-order valence-corrected chi connectivity index (χ1v) is 6.38. The molecule has 0 saturated heterocycles. The van der Waals surface area contributed by atoms with Gasteiger partial charge in [0.05, 0.1) is 17.2 Å². The third-order valence-electron chi connectivity index (χ3n) is 2.42. The summed E-state index contributed by atoms with van der Waals surface area (Å²) in [5.41, 5.74) is 0.681. The van der Waals surface area contributed by atoms with Crippen molar-refractivity contribution in [3.8, 4) is 11.5 Å². The number of carbonyl (C=O) groups excluding carboxylic acids is 1. The molecule has 1 aromatic heterocycles. The predicted octanol–water partition coefficient (Wildman–Crippen LogP) is 4.13. The van der Waals surface area contributed by atoms with Gasteiger partial charge in [0.25, 0.3) is 0 Å². The summed E-state index contributed by atoms with van der Waals surface area (Å²) < 4.78 is 10.3. The lowest BCUT2D eigenvalue weighted by molar-refractivity contribution is 0.0518. The van der Waals surface area contributed by atoms with Crippen LogP contribution >= 0.6 is 23.2 Å². The quantitative estimate of drug-likeness (QED) is 0.800. The summed E-state index contributed by atoms with van der Waals surface area (Å²) in [5.74, 6) is 0.102. The number of esters is 1. The van der Waals surface area contributed by atoms with Gasteiger partial charge in [0.1, 0.15) is 5.76 Å². The molecule has 2 aromatic rings. The highest BCUT2D eigenvalue weighted by molar-refractivity contribution is 6.35. The second-order valence-corrected chi connectivity index (χ2v) is 4.61. The Hall–Kier alpha value is -1.52. The summed E-state index contributed by atoms with van der Waals surface area (Å²) in [6, 6.07) is 4.93. The third-order valence-corrected chi connectivity index (χ3v) is 2.99. The maximum atomic E-state index is 11.7. The van der Waals surface area contributed by atoms with E-state index >= 15 is 0 Å². The predicted molar refractivity (Wildman–Crippen MR) is 72.7 cm³/mol. The zero-order chi connectivity index (χ0) is 14.0. The van der Waals surface area contributed by atoms with Gasteiger partial charge in [0.2, 0.25) is 5.89 Å². The molecular weight excluding hydrogens is 289 g/mol. The van der Waals surface area contributed by atoms with Crippen LogP contribution in [0.3, 0.4) is 0 Å². The summed E-state index contributed by atoms with van der Waals surface area (Å²) in [6.45, 7) is 3.64. The fourth-order valence-corrected chi connectivity index (χ4v) is 1.93. The van der Waals surface area contributed by atoms with Crippen LogP contribution in [-0.4, -0.2) is 17.6 Å². The van der Waals surface area contributed by atoms with Crippen LogP contribution in [0.1, 0.15) is 23.2 Å². The average molecular weight is 300 g/mol. The van der Waals surface area contributed by atoms with Crippen LogP contribution in [0.2, 0.25) is 10.0 Å². The zero-order valence-corrected chi connectivity index (χ0v) is 11.9. The Morgan fingerprint density at radius 1 is 1.42 bits per heavy atom. The minimum absolute atomic E-state index is 0.146. The van der Waals surface area contributed by atoms with Crippen molar-refractivity contribution in [3.05, 3.63) is 39.7 Å². The second kappa shape index (κ2) is 5.63. The maximum Gasteiger partial charge on any atom is 0.360 e. The SMILES string of the molecule is CCOC(=O)c1nc(-c2cc(Cl)ccc2Cl)oc1C. The molecule has 0 unspecified atom stereocenters. The fraction of sp³-hybridized carbons (Fsp3) is 0.231. The van der Waals surface area contributed by atoms with Crippen LogP contribution in [-0.2, 0) is 4.74 Å². The number of nitrogens with zero attached hydrogens (tertiary/aromatic N) is 1. The number of hydrogen-bond donors (Lipinski definition) is 0. The standard InChI is InChI=1S/C13H11Cl2NO3/c1-3-18-13(17)11-7(2)19-12(16-11)9-6-8(14)4-5-10(9)15/h4-6H,3H2,1-2H3. The van der Waals surface area contributed by atoms with Crippen molar-refractivity contribution in [2.45, 2.75) is 13.8 Å². The van der Waals surface area contributed by atoms with Crippen LogP contribution in [0, 0.1) is 6.92 Å². The van der Waals surface area contributed by atoms with E-state index in [1.807, 2.05) is 0 Å². The number of aryl methyl sites for hydroxylation is 1. The molecule has 19 heavy (non-hydrogen) atoms. The molecule has 0 aliphatic heterocycles. The topological polar surface area (TPSA) is 52.3 Å².